The molecule has 0 N–H and O–H groups in total. The van der Waals surface area contributed by atoms with Gasteiger partial charge in [-0.1, -0.05) is 36.4 Å². The van der Waals surface area contributed by atoms with E-state index in [1.807, 2.05) is 0 Å². The van der Waals surface area contributed by atoms with Crippen LogP contribution in [0.2, 0.25) is 0 Å². The van der Waals surface area contributed by atoms with Crippen molar-refractivity contribution in [1.82, 2.24) is 0 Å². The number of halogens is 10. The van der Waals surface area contributed by atoms with E-state index in [1.165, 1.54) is 24.3 Å². The molecule has 0 unspecified atom stereocenters. The summed E-state index contributed by atoms with van der Waals surface area (Å²) >= 11 is 0. The van der Waals surface area contributed by atoms with E-state index in [-0.39, 0.29) is 11.5 Å². The van der Waals surface area contributed by atoms with Crippen molar-refractivity contribution in [2.45, 2.75) is 34.0 Å². The first-order valence-electron chi connectivity index (χ1n) is 11.7. The van der Waals surface area contributed by atoms with E-state index in [9.17, 15) is 52.3 Å². The molecule has 0 aromatic heterocycles. The molecule has 0 saturated heterocycles. The third kappa shape index (κ3) is 6.55. The van der Waals surface area contributed by atoms with E-state index in [4.69, 9.17) is 9.47 Å². The summed E-state index contributed by atoms with van der Waals surface area (Å²) < 4.78 is 169. The molecule has 0 aliphatic rings. The van der Waals surface area contributed by atoms with E-state index in [2.05, 4.69) is 0 Å². The lowest BCUT2D eigenvalue weighted by Crippen LogP contribution is -2.33. The third-order valence-corrected chi connectivity index (χ3v) is 7.56. The van der Waals surface area contributed by atoms with E-state index in [1.54, 1.807) is 0 Å². The van der Waals surface area contributed by atoms with Crippen LogP contribution in [0.4, 0.5) is 43.9 Å². The van der Waals surface area contributed by atoms with Gasteiger partial charge in [-0.2, -0.15) is 43.9 Å². The maximum absolute atomic E-state index is 13.7. The average Bonchev–Trinajstić information content (AvgIpc) is 2.92. The minimum Gasteiger partial charge on any atom is -0.457 e. The van der Waals surface area contributed by atoms with Gasteiger partial charge in [0.05, 0.1) is 9.79 Å². The number of sulfone groups is 1. The normalized spacial score (nSPS) is 13.1. The quantitative estimate of drug-likeness (QED) is 0.181. The molecule has 0 radical (unpaired) electrons. The van der Waals surface area contributed by atoms with Crippen LogP contribution < -0.4 is 9.47 Å². The molecule has 4 rings (SSSR count). The molecule has 4 aromatic rings. The molecule has 0 spiro atoms. The summed E-state index contributed by atoms with van der Waals surface area (Å²) in [5.41, 5.74) is -2.79. The van der Waals surface area contributed by atoms with Gasteiger partial charge in [-0.3, -0.25) is 0 Å². The standard InChI is InChI=1S/C28H16F10O4S/c29-25(30,27(33,34)35)17-5-1-7-19(13-17)41-21-9-3-11-23(15-21)43(39,40)24-12-4-10-22(16-24)42-20-8-2-6-18(14-20)26(31,32)28(36,37)38/h1-16H. The van der Waals surface area contributed by atoms with Crippen molar-refractivity contribution in [3.63, 3.8) is 0 Å². The molecule has 4 nitrogen and oxygen atoms in total. The lowest BCUT2D eigenvalue weighted by molar-refractivity contribution is -0.289. The second-order valence-electron chi connectivity index (χ2n) is 8.86. The summed E-state index contributed by atoms with van der Waals surface area (Å²) in [5.74, 6) is -11.7. The van der Waals surface area contributed by atoms with Gasteiger partial charge in [-0.15, -0.1) is 0 Å². The third-order valence-electron chi connectivity index (χ3n) is 5.81. The molecule has 0 bridgehead atoms. The van der Waals surface area contributed by atoms with Crippen molar-refractivity contribution in [3.8, 4) is 23.0 Å². The van der Waals surface area contributed by atoms with Crippen molar-refractivity contribution >= 4 is 9.84 Å². The van der Waals surface area contributed by atoms with Crippen LogP contribution in [0.1, 0.15) is 11.1 Å². The predicted octanol–water partition coefficient (Wildman–Crippen LogP) is 9.41. The zero-order chi connectivity index (χ0) is 31.8. The summed E-state index contributed by atoms with van der Waals surface area (Å²) in [6.07, 6.45) is -11.7. The van der Waals surface area contributed by atoms with Crippen LogP contribution >= 0.6 is 0 Å². The number of hydrogen-bond donors (Lipinski definition) is 0. The fourth-order valence-corrected chi connectivity index (χ4v) is 4.99. The molecule has 43 heavy (non-hydrogen) atoms. The summed E-state index contributed by atoms with van der Waals surface area (Å²) in [5, 5.41) is 0. The van der Waals surface area contributed by atoms with Gasteiger partial charge in [-0.05, 0) is 60.7 Å². The van der Waals surface area contributed by atoms with E-state index < -0.39 is 66.5 Å². The zero-order valence-electron chi connectivity index (χ0n) is 21.1. The number of ether oxygens (including phenoxy) is 2. The van der Waals surface area contributed by atoms with Gasteiger partial charge < -0.3 is 9.47 Å². The Hall–Kier alpha value is -4.27. The van der Waals surface area contributed by atoms with Crippen molar-refractivity contribution in [1.29, 1.82) is 0 Å². The predicted molar refractivity (Wildman–Crippen MR) is 131 cm³/mol. The molecule has 0 fully saturated rings. The molecule has 4 aromatic carbocycles. The Morgan fingerprint density at radius 3 is 1.07 bits per heavy atom. The first-order chi connectivity index (χ1) is 19.8. The van der Waals surface area contributed by atoms with E-state index in [0.29, 0.717) is 24.3 Å². The minimum absolute atomic E-state index is 0.233. The smallest absolute Gasteiger partial charge is 0.457 e. The molecule has 228 valence electrons. The second kappa shape index (κ2) is 11.1. The number of hydrogen-bond acceptors (Lipinski definition) is 4. The van der Waals surface area contributed by atoms with Crippen molar-refractivity contribution in [2.24, 2.45) is 0 Å². The molecule has 15 heteroatoms. The van der Waals surface area contributed by atoms with Gasteiger partial charge in [0.25, 0.3) is 0 Å². The molecule has 0 amide bonds. The van der Waals surface area contributed by atoms with Gasteiger partial charge >= 0.3 is 24.2 Å². The van der Waals surface area contributed by atoms with Gasteiger partial charge in [0, 0.05) is 11.1 Å². The van der Waals surface area contributed by atoms with Crippen LogP contribution in [0.5, 0.6) is 23.0 Å². The van der Waals surface area contributed by atoms with E-state index in [0.717, 1.165) is 48.5 Å². The second-order valence-corrected chi connectivity index (χ2v) is 10.8. The van der Waals surface area contributed by atoms with Crippen LogP contribution in [0, 0.1) is 0 Å². The summed E-state index contributed by atoms with van der Waals surface area (Å²) in [6, 6.07) is 15.0. The van der Waals surface area contributed by atoms with Crippen LogP contribution in [-0.2, 0) is 21.7 Å². The molecule has 0 aliphatic heterocycles. The maximum Gasteiger partial charge on any atom is 0.458 e. The first kappa shape index (κ1) is 31.7. The largest absolute Gasteiger partial charge is 0.458 e. The molecule has 0 aliphatic carbocycles. The van der Waals surface area contributed by atoms with Crippen molar-refractivity contribution in [2.75, 3.05) is 0 Å². The highest BCUT2D eigenvalue weighted by Gasteiger charge is 2.59. The summed E-state index contributed by atoms with van der Waals surface area (Å²) in [4.78, 5) is -0.795. The maximum atomic E-state index is 13.7. The summed E-state index contributed by atoms with van der Waals surface area (Å²) in [6.45, 7) is 0. The minimum atomic E-state index is -5.87. The lowest BCUT2D eigenvalue weighted by atomic mass is 10.1. The Morgan fingerprint density at radius 2 is 0.744 bits per heavy atom. The Balaban J connectivity index is 1.58. The zero-order valence-corrected chi connectivity index (χ0v) is 21.9. The fraction of sp³-hybridized carbons (Fsp3) is 0.143. The number of rotatable bonds is 8. The van der Waals surface area contributed by atoms with E-state index >= 15 is 0 Å². The number of alkyl halides is 10. The molecule has 0 saturated carbocycles. The topological polar surface area (TPSA) is 52.6 Å². The van der Waals surface area contributed by atoms with Crippen molar-refractivity contribution in [3.05, 3.63) is 108 Å². The monoisotopic (exact) mass is 638 g/mol. The van der Waals surface area contributed by atoms with Crippen LogP contribution in [0.15, 0.2) is 107 Å². The number of benzene rings is 4. The van der Waals surface area contributed by atoms with Crippen molar-refractivity contribution < 1.29 is 61.8 Å². The van der Waals surface area contributed by atoms with Gasteiger partial charge in [0.2, 0.25) is 9.84 Å². The highest BCUT2D eigenvalue weighted by atomic mass is 32.2. The SMILES string of the molecule is O=S(=O)(c1cccc(Oc2cccc(C(F)(F)C(F)(F)F)c2)c1)c1cccc(Oc2cccc(C(F)(F)C(F)(F)F)c2)c1. The Labute approximate surface area is 237 Å². The first-order valence-corrected chi connectivity index (χ1v) is 13.2. The van der Waals surface area contributed by atoms with Gasteiger partial charge in [0.1, 0.15) is 23.0 Å². The highest BCUT2D eigenvalue weighted by molar-refractivity contribution is 7.91. The molecule has 0 atom stereocenters. The van der Waals surface area contributed by atoms with Gasteiger partial charge in [0.15, 0.2) is 0 Å². The fourth-order valence-electron chi connectivity index (χ4n) is 3.66. The van der Waals surface area contributed by atoms with Gasteiger partial charge in [-0.25, -0.2) is 8.42 Å². The molecular weight excluding hydrogens is 622 g/mol. The Kier molecular flexibility index (Phi) is 8.17. The Morgan fingerprint density at radius 1 is 0.442 bits per heavy atom. The molecule has 0 heterocycles. The van der Waals surface area contributed by atoms with Crippen LogP contribution in [-0.4, -0.2) is 20.8 Å². The Bertz CT molecular complexity index is 1610. The van der Waals surface area contributed by atoms with Crippen LogP contribution in [0.25, 0.3) is 0 Å². The van der Waals surface area contributed by atoms with Crippen LogP contribution in [0.3, 0.4) is 0 Å². The summed E-state index contributed by atoms with van der Waals surface area (Å²) in [7, 11) is -4.37. The highest BCUT2D eigenvalue weighted by Crippen LogP contribution is 2.46. The lowest BCUT2D eigenvalue weighted by Gasteiger charge is -2.20. The molecular formula is C28H16F10O4S. The average molecular weight is 638 g/mol.